The standard InChI is InChI=1S/C31H28N2O3/c34-28(24-15-7-2-8-16-24)22-32-30(35)27(21-23-13-5-1-6-14-23)33-31(36)29(25-17-9-3-10-18-25)26-19-11-4-12-20-26/h1-20,27,29H,21-22H2,(H,32,35)(H,33,36)/t27-/m0/s1. The van der Waals surface area contributed by atoms with E-state index in [0.717, 1.165) is 16.7 Å². The lowest BCUT2D eigenvalue weighted by molar-refractivity contribution is -0.129. The van der Waals surface area contributed by atoms with E-state index in [1.165, 1.54) is 0 Å². The van der Waals surface area contributed by atoms with Gasteiger partial charge in [0.25, 0.3) is 0 Å². The van der Waals surface area contributed by atoms with Crippen LogP contribution < -0.4 is 10.6 Å². The molecule has 0 fully saturated rings. The van der Waals surface area contributed by atoms with Crippen LogP contribution in [0.2, 0.25) is 0 Å². The second-order valence-electron chi connectivity index (χ2n) is 8.51. The third kappa shape index (κ3) is 6.54. The van der Waals surface area contributed by atoms with Crippen LogP contribution in [0, 0.1) is 0 Å². The lowest BCUT2D eigenvalue weighted by Gasteiger charge is -2.23. The first-order chi connectivity index (χ1) is 17.6. The number of rotatable bonds is 10. The Kier molecular flexibility index (Phi) is 8.39. The second kappa shape index (κ2) is 12.3. The second-order valence-corrected chi connectivity index (χ2v) is 8.51. The summed E-state index contributed by atoms with van der Waals surface area (Å²) in [5.74, 6) is -1.46. The fourth-order valence-corrected chi connectivity index (χ4v) is 4.12. The molecule has 4 aromatic rings. The average molecular weight is 477 g/mol. The number of carbonyl (C=O) groups excluding carboxylic acids is 3. The summed E-state index contributed by atoms with van der Waals surface area (Å²) in [5, 5.41) is 5.69. The molecule has 2 amide bonds. The van der Waals surface area contributed by atoms with Gasteiger partial charge >= 0.3 is 0 Å². The van der Waals surface area contributed by atoms with E-state index in [9.17, 15) is 14.4 Å². The summed E-state index contributed by atoms with van der Waals surface area (Å²) in [6.45, 7) is -0.148. The zero-order valence-corrected chi connectivity index (χ0v) is 19.8. The van der Waals surface area contributed by atoms with Crippen LogP contribution in [0.5, 0.6) is 0 Å². The first kappa shape index (κ1) is 24.6. The van der Waals surface area contributed by atoms with Gasteiger partial charge in [-0.15, -0.1) is 0 Å². The monoisotopic (exact) mass is 476 g/mol. The van der Waals surface area contributed by atoms with E-state index < -0.39 is 17.9 Å². The van der Waals surface area contributed by atoms with Gasteiger partial charge in [0, 0.05) is 12.0 Å². The molecule has 0 aliphatic heterocycles. The minimum atomic E-state index is -0.849. The minimum absolute atomic E-state index is 0.148. The van der Waals surface area contributed by atoms with Crippen molar-refractivity contribution >= 4 is 17.6 Å². The predicted octanol–water partition coefficient (Wildman–Crippen LogP) is 4.55. The minimum Gasteiger partial charge on any atom is -0.347 e. The van der Waals surface area contributed by atoms with Crippen LogP contribution in [-0.4, -0.2) is 30.2 Å². The Morgan fingerprint density at radius 3 is 1.58 bits per heavy atom. The van der Waals surface area contributed by atoms with E-state index >= 15 is 0 Å². The highest BCUT2D eigenvalue weighted by Gasteiger charge is 2.28. The molecule has 0 spiro atoms. The van der Waals surface area contributed by atoms with E-state index in [2.05, 4.69) is 10.6 Å². The number of benzene rings is 4. The van der Waals surface area contributed by atoms with Gasteiger partial charge in [-0.1, -0.05) is 121 Å². The lowest BCUT2D eigenvalue weighted by Crippen LogP contribution is -2.50. The molecule has 0 aliphatic carbocycles. The molecule has 0 aromatic heterocycles. The fraction of sp³-hybridized carbons (Fsp3) is 0.129. The quantitative estimate of drug-likeness (QED) is 0.330. The Balaban J connectivity index is 1.55. The molecule has 5 heteroatoms. The van der Waals surface area contributed by atoms with Crippen molar-refractivity contribution in [3.63, 3.8) is 0 Å². The Morgan fingerprint density at radius 2 is 1.06 bits per heavy atom. The van der Waals surface area contributed by atoms with Crippen LogP contribution in [0.1, 0.15) is 33.0 Å². The number of amides is 2. The topological polar surface area (TPSA) is 75.3 Å². The highest BCUT2D eigenvalue weighted by molar-refractivity contribution is 6.00. The van der Waals surface area contributed by atoms with Crippen molar-refractivity contribution in [1.82, 2.24) is 10.6 Å². The van der Waals surface area contributed by atoms with Gasteiger partial charge in [-0.3, -0.25) is 14.4 Å². The van der Waals surface area contributed by atoms with Crippen molar-refractivity contribution in [2.75, 3.05) is 6.54 Å². The van der Waals surface area contributed by atoms with Crippen molar-refractivity contribution < 1.29 is 14.4 Å². The Morgan fingerprint density at radius 1 is 0.583 bits per heavy atom. The number of hydrogen-bond donors (Lipinski definition) is 2. The highest BCUT2D eigenvalue weighted by atomic mass is 16.2. The van der Waals surface area contributed by atoms with E-state index in [4.69, 9.17) is 0 Å². The zero-order valence-electron chi connectivity index (χ0n) is 19.8. The van der Waals surface area contributed by atoms with Crippen molar-refractivity contribution in [2.24, 2.45) is 0 Å². The van der Waals surface area contributed by atoms with Gasteiger partial charge < -0.3 is 10.6 Å². The molecule has 5 nitrogen and oxygen atoms in total. The van der Waals surface area contributed by atoms with Crippen LogP contribution in [0.15, 0.2) is 121 Å². The molecule has 4 rings (SSSR count). The van der Waals surface area contributed by atoms with Crippen molar-refractivity contribution in [3.05, 3.63) is 144 Å². The van der Waals surface area contributed by atoms with Gasteiger partial charge in [0.1, 0.15) is 6.04 Å². The maximum absolute atomic E-state index is 13.7. The van der Waals surface area contributed by atoms with E-state index in [-0.39, 0.29) is 18.2 Å². The van der Waals surface area contributed by atoms with Gasteiger partial charge in [0.05, 0.1) is 12.5 Å². The van der Waals surface area contributed by atoms with Gasteiger partial charge in [-0.25, -0.2) is 0 Å². The first-order valence-corrected chi connectivity index (χ1v) is 11.9. The summed E-state index contributed by atoms with van der Waals surface area (Å²) in [4.78, 5) is 39.4. The molecule has 0 unspecified atom stereocenters. The largest absolute Gasteiger partial charge is 0.347 e. The van der Waals surface area contributed by atoms with Crippen LogP contribution >= 0.6 is 0 Å². The Bertz CT molecular complexity index is 1240. The van der Waals surface area contributed by atoms with Crippen LogP contribution in [0.3, 0.4) is 0 Å². The summed E-state index contributed by atoms with van der Waals surface area (Å²) >= 11 is 0. The Labute approximate surface area is 211 Å². The van der Waals surface area contributed by atoms with Crippen molar-refractivity contribution in [1.29, 1.82) is 0 Å². The third-order valence-corrected chi connectivity index (χ3v) is 5.96. The molecule has 0 saturated carbocycles. The molecule has 0 aliphatic rings. The molecule has 2 N–H and O–H groups in total. The molecule has 0 bridgehead atoms. The number of Topliss-reactive ketones (excluding diaryl/α,β-unsaturated/α-hetero) is 1. The predicted molar refractivity (Wildman–Crippen MR) is 141 cm³/mol. The van der Waals surface area contributed by atoms with Crippen molar-refractivity contribution in [2.45, 2.75) is 18.4 Å². The summed E-state index contributed by atoms with van der Waals surface area (Å²) in [7, 11) is 0. The molecule has 4 aromatic carbocycles. The Hall–Kier alpha value is -4.51. The SMILES string of the molecule is O=C(CNC(=O)[C@H](Cc1ccccc1)NC(=O)C(c1ccccc1)c1ccccc1)c1ccccc1. The van der Waals surface area contributed by atoms with Crippen LogP contribution in [-0.2, 0) is 16.0 Å². The number of hydrogen-bond acceptors (Lipinski definition) is 3. The molecule has 1 atom stereocenters. The van der Waals surface area contributed by atoms with Gasteiger partial charge in [-0.05, 0) is 16.7 Å². The summed E-state index contributed by atoms with van der Waals surface area (Å²) in [6, 6.07) is 36.4. The van der Waals surface area contributed by atoms with E-state index in [1.807, 2.05) is 97.1 Å². The summed E-state index contributed by atoms with van der Waals surface area (Å²) < 4.78 is 0. The highest BCUT2D eigenvalue weighted by Crippen LogP contribution is 2.25. The molecule has 0 radical (unpaired) electrons. The zero-order chi connectivity index (χ0) is 25.2. The fourth-order valence-electron chi connectivity index (χ4n) is 4.12. The average Bonchev–Trinajstić information content (AvgIpc) is 2.93. The number of nitrogens with one attached hydrogen (secondary N) is 2. The van der Waals surface area contributed by atoms with Crippen LogP contribution in [0.25, 0.3) is 0 Å². The molecular weight excluding hydrogens is 448 g/mol. The van der Waals surface area contributed by atoms with Crippen molar-refractivity contribution in [3.8, 4) is 0 Å². The molecule has 0 heterocycles. The maximum atomic E-state index is 13.7. The van der Waals surface area contributed by atoms with Gasteiger partial charge in [0.15, 0.2) is 5.78 Å². The number of ketones is 1. The molecule has 36 heavy (non-hydrogen) atoms. The molecule has 180 valence electrons. The summed E-state index contributed by atoms with van der Waals surface area (Å²) in [5.41, 5.74) is 3.09. The molecular formula is C31H28N2O3. The number of carbonyl (C=O) groups is 3. The van der Waals surface area contributed by atoms with Gasteiger partial charge in [0.2, 0.25) is 11.8 Å². The first-order valence-electron chi connectivity index (χ1n) is 11.9. The summed E-state index contributed by atoms with van der Waals surface area (Å²) in [6.07, 6.45) is 0.300. The molecule has 0 saturated heterocycles. The third-order valence-electron chi connectivity index (χ3n) is 5.96. The lowest BCUT2D eigenvalue weighted by atomic mass is 9.90. The normalized spacial score (nSPS) is 11.5. The van der Waals surface area contributed by atoms with Gasteiger partial charge in [-0.2, -0.15) is 0 Å². The van der Waals surface area contributed by atoms with E-state index in [1.54, 1.807) is 24.3 Å². The maximum Gasteiger partial charge on any atom is 0.243 e. The van der Waals surface area contributed by atoms with E-state index in [0.29, 0.717) is 12.0 Å². The smallest absolute Gasteiger partial charge is 0.243 e. The van der Waals surface area contributed by atoms with Crippen LogP contribution in [0.4, 0.5) is 0 Å².